The minimum atomic E-state index is 0.285. The van der Waals surface area contributed by atoms with Gasteiger partial charge in [0.1, 0.15) is 0 Å². The molecule has 0 radical (unpaired) electrons. The molecule has 4 nitrogen and oxygen atoms in total. The highest BCUT2D eigenvalue weighted by atomic mass is 16.2. The Hall–Kier alpha value is -0.610. The quantitative estimate of drug-likeness (QED) is 0.747. The maximum atomic E-state index is 12.7. The number of amides is 1. The molecule has 138 valence electrons. The first-order valence-corrected chi connectivity index (χ1v) is 10.2. The van der Waals surface area contributed by atoms with Gasteiger partial charge in [-0.3, -0.25) is 9.69 Å². The van der Waals surface area contributed by atoms with Crippen LogP contribution in [-0.2, 0) is 4.79 Å². The second kappa shape index (κ2) is 7.74. The van der Waals surface area contributed by atoms with E-state index in [0.717, 1.165) is 58.0 Å². The summed E-state index contributed by atoms with van der Waals surface area (Å²) in [5.41, 5.74) is 0.621. The Morgan fingerprint density at radius 2 is 1.71 bits per heavy atom. The maximum absolute atomic E-state index is 12.7. The van der Waals surface area contributed by atoms with Crippen LogP contribution in [0.5, 0.6) is 0 Å². The van der Waals surface area contributed by atoms with Gasteiger partial charge >= 0.3 is 0 Å². The number of piperazine rings is 1. The first kappa shape index (κ1) is 18.2. The lowest BCUT2D eigenvalue weighted by atomic mass is 9.90. The maximum Gasteiger partial charge on any atom is 0.225 e. The molecule has 2 aliphatic heterocycles. The molecule has 0 spiro atoms. The highest BCUT2D eigenvalue weighted by Gasteiger charge is 2.44. The van der Waals surface area contributed by atoms with Gasteiger partial charge in [0.2, 0.25) is 5.91 Å². The van der Waals surface area contributed by atoms with Crippen LogP contribution < -0.4 is 0 Å². The number of nitrogens with zero attached hydrogens (tertiary/aromatic N) is 3. The third-order valence-corrected chi connectivity index (χ3v) is 6.75. The fraction of sp³-hybridized carbons (Fsp3) is 0.950. The monoisotopic (exact) mass is 335 g/mol. The third kappa shape index (κ3) is 4.51. The largest absolute Gasteiger partial charge is 0.340 e. The molecule has 3 aliphatic rings. The van der Waals surface area contributed by atoms with Crippen molar-refractivity contribution in [3.8, 4) is 0 Å². The molecule has 0 aromatic heterocycles. The van der Waals surface area contributed by atoms with Gasteiger partial charge in [0.05, 0.1) is 0 Å². The predicted octanol–water partition coefficient (Wildman–Crippen LogP) is 2.69. The number of carbonyl (C=O) groups excluding carboxylic acids is 1. The normalized spacial score (nSPS) is 27.2. The van der Waals surface area contributed by atoms with E-state index in [0.29, 0.717) is 11.3 Å². The molecule has 3 rings (SSSR count). The molecule has 0 bridgehead atoms. The van der Waals surface area contributed by atoms with E-state index in [-0.39, 0.29) is 5.92 Å². The molecule has 0 N–H and O–H groups in total. The summed E-state index contributed by atoms with van der Waals surface area (Å²) in [7, 11) is 2.16. The van der Waals surface area contributed by atoms with Crippen LogP contribution >= 0.6 is 0 Å². The Balaban J connectivity index is 1.42. The topological polar surface area (TPSA) is 26.8 Å². The van der Waals surface area contributed by atoms with Crippen molar-refractivity contribution >= 4 is 5.91 Å². The number of carbonyl (C=O) groups is 1. The van der Waals surface area contributed by atoms with Crippen molar-refractivity contribution in [2.75, 3.05) is 52.9 Å². The lowest BCUT2D eigenvalue weighted by molar-refractivity contribution is -0.138. The van der Waals surface area contributed by atoms with Gasteiger partial charge in [-0.15, -0.1) is 0 Å². The summed E-state index contributed by atoms with van der Waals surface area (Å²) >= 11 is 0. The van der Waals surface area contributed by atoms with E-state index < -0.39 is 0 Å². The van der Waals surface area contributed by atoms with Gasteiger partial charge in [0, 0.05) is 38.6 Å². The molecule has 0 aromatic carbocycles. The molecule has 1 aliphatic carbocycles. The van der Waals surface area contributed by atoms with Crippen LogP contribution in [0, 0.1) is 17.3 Å². The van der Waals surface area contributed by atoms with Crippen molar-refractivity contribution in [3.05, 3.63) is 0 Å². The molecule has 2 heterocycles. The highest BCUT2D eigenvalue weighted by Crippen LogP contribution is 2.51. The fourth-order valence-electron chi connectivity index (χ4n) is 4.60. The van der Waals surface area contributed by atoms with Crippen LogP contribution in [0.3, 0.4) is 0 Å². The van der Waals surface area contributed by atoms with Crippen molar-refractivity contribution < 1.29 is 4.79 Å². The standard InChI is InChI=1S/C20H37N3O/c1-4-17(2)15-20(7-8-20)16-22-11-13-23(14-12-22)19(24)18-5-9-21(3)10-6-18/h17-18H,4-16H2,1-3H3. The van der Waals surface area contributed by atoms with Crippen LogP contribution in [0.2, 0.25) is 0 Å². The van der Waals surface area contributed by atoms with E-state index in [9.17, 15) is 4.79 Å². The molecule has 4 heteroatoms. The van der Waals surface area contributed by atoms with Crippen molar-refractivity contribution in [2.24, 2.45) is 17.3 Å². The Morgan fingerprint density at radius 1 is 1.08 bits per heavy atom. The molecule has 1 saturated carbocycles. The van der Waals surface area contributed by atoms with Crippen molar-refractivity contribution in [3.63, 3.8) is 0 Å². The molecule has 2 saturated heterocycles. The van der Waals surface area contributed by atoms with Crippen LogP contribution in [0.1, 0.15) is 52.4 Å². The summed E-state index contributed by atoms with van der Waals surface area (Å²) in [6.45, 7) is 12.2. The van der Waals surface area contributed by atoms with Crippen LogP contribution in [0.15, 0.2) is 0 Å². The molecular formula is C20H37N3O. The summed E-state index contributed by atoms with van der Waals surface area (Å²) in [5.74, 6) is 1.58. The molecule has 1 atom stereocenters. The Bertz CT molecular complexity index is 419. The summed E-state index contributed by atoms with van der Waals surface area (Å²) in [5, 5.41) is 0. The Labute approximate surface area is 148 Å². The van der Waals surface area contributed by atoms with E-state index in [1.807, 2.05) is 0 Å². The van der Waals surface area contributed by atoms with Crippen molar-refractivity contribution in [2.45, 2.75) is 52.4 Å². The lowest BCUT2D eigenvalue weighted by Crippen LogP contribution is -2.52. The van der Waals surface area contributed by atoms with Crippen LogP contribution in [0.4, 0.5) is 0 Å². The summed E-state index contributed by atoms with van der Waals surface area (Å²) < 4.78 is 0. The van der Waals surface area contributed by atoms with E-state index in [2.05, 4.69) is 35.6 Å². The van der Waals surface area contributed by atoms with E-state index in [1.54, 1.807) is 0 Å². The Kier molecular flexibility index (Phi) is 5.86. The molecule has 0 aromatic rings. The average Bonchev–Trinajstić information content (AvgIpc) is 3.34. The van der Waals surface area contributed by atoms with E-state index in [4.69, 9.17) is 0 Å². The predicted molar refractivity (Wildman–Crippen MR) is 99.0 cm³/mol. The molecule has 3 fully saturated rings. The van der Waals surface area contributed by atoms with E-state index in [1.165, 1.54) is 32.2 Å². The van der Waals surface area contributed by atoms with Crippen LogP contribution in [0.25, 0.3) is 0 Å². The van der Waals surface area contributed by atoms with Gasteiger partial charge in [0.25, 0.3) is 0 Å². The van der Waals surface area contributed by atoms with Gasteiger partial charge in [-0.1, -0.05) is 20.3 Å². The zero-order valence-electron chi connectivity index (χ0n) is 16.1. The summed E-state index contributed by atoms with van der Waals surface area (Å²) in [4.78, 5) is 19.9. The second-order valence-corrected chi connectivity index (χ2v) is 8.90. The van der Waals surface area contributed by atoms with Gasteiger partial charge in [0.15, 0.2) is 0 Å². The summed E-state index contributed by atoms with van der Waals surface area (Å²) in [6, 6.07) is 0. The number of hydrogen-bond acceptors (Lipinski definition) is 3. The number of piperidine rings is 1. The average molecular weight is 336 g/mol. The third-order valence-electron chi connectivity index (χ3n) is 6.75. The highest BCUT2D eigenvalue weighted by molar-refractivity contribution is 5.79. The minimum Gasteiger partial charge on any atom is -0.340 e. The Morgan fingerprint density at radius 3 is 2.25 bits per heavy atom. The smallest absolute Gasteiger partial charge is 0.225 e. The minimum absolute atomic E-state index is 0.285. The number of rotatable bonds is 6. The van der Waals surface area contributed by atoms with Crippen molar-refractivity contribution in [1.29, 1.82) is 0 Å². The van der Waals surface area contributed by atoms with Gasteiger partial charge in [-0.25, -0.2) is 0 Å². The molecule has 1 amide bonds. The molecule has 24 heavy (non-hydrogen) atoms. The van der Waals surface area contributed by atoms with Crippen molar-refractivity contribution in [1.82, 2.24) is 14.7 Å². The van der Waals surface area contributed by atoms with Gasteiger partial charge in [-0.05, 0) is 63.6 Å². The lowest BCUT2D eigenvalue weighted by Gasteiger charge is -2.39. The van der Waals surface area contributed by atoms with Gasteiger partial charge in [-0.2, -0.15) is 0 Å². The zero-order chi connectivity index (χ0) is 17.2. The first-order valence-electron chi connectivity index (χ1n) is 10.2. The first-order chi connectivity index (χ1) is 11.5. The molecular weight excluding hydrogens is 298 g/mol. The second-order valence-electron chi connectivity index (χ2n) is 8.90. The van der Waals surface area contributed by atoms with Crippen LogP contribution in [-0.4, -0.2) is 73.5 Å². The zero-order valence-corrected chi connectivity index (χ0v) is 16.1. The van der Waals surface area contributed by atoms with E-state index >= 15 is 0 Å². The molecule has 1 unspecified atom stereocenters. The SMILES string of the molecule is CCC(C)CC1(CN2CCN(C(=O)C3CCN(C)CC3)CC2)CC1. The number of hydrogen-bond donors (Lipinski definition) is 0. The van der Waals surface area contributed by atoms with Gasteiger partial charge < -0.3 is 9.80 Å². The fourth-order valence-corrected chi connectivity index (χ4v) is 4.60. The summed E-state index contributed by atoms with van der Waals surface area (Å²) in [6.07, 6.45) is 7.65. The number of likely N-dealkylation sites (tertiary alicyclic amines) is 1.